The fourth-order valence-electron chi connectivity index (χ4n) is 2.13. The molecule has 0 aliphatic heterocycles. The summed E-state index contributed by atoms with van der Waals surface area (Å²) in [5.41, 5.74) is 1.19. The molecular formula is C19H20O3S. The van der Waals surface area contributed by atoms with Crippen LogP contribution in [0.3, 0.4) is 0 Å². The van der Waals surface area contributed by atoms with Crippen molar-refractivity contribution in [3.63, 3.8) is 0 Å². The summed E-state index contributed by atoms with van der Waals surface area (Å²) in [6, 6.07) is 15.7. The normalized spacial score (nSPS) is 11.7. The topological polar surface area (TPSA) is 43.4 Å². The predicted octanol–water partition coefficient (Wildman–Crippen LogP) is 4.31. The molecule has 0 aliphatic carbocycles. The van der Waals surface area contributed by atoms with Gasteiger partial charge >= 0.3 is 5.97 Å². The second kappa shape index (κ2) is 8.53. The Bertz CT molecular complexity index is 650. The van der Waals surface area contributed by atoms with E-state index in [1.807, 2.05) is 18.2 Å². The molecule has 0 heterocycles. The van der Waals surface area contributed by atoms with E-state index >= 15 is 0 Å². The number of rotatable bonds is 7. The molecule has 0 radical (unpaired) electrons. The number of thiol groups is 1. The van der Waals surface area contributed by atoms with Gasteiger partial charge in [-0.2, -0.15) is 12.6 Å². The van der Waals surface area contributed by atoms with Gasteiger partial charge < -0.3 is 4.74 Å². The van der Waals surface area contributed by atoms with E-state index in [1.165, 1.54) is 0 Å². The van der Waals surface area contributed by atoms with Crippen LogP contribution in [0.25, 0.3) is 0 Å². The molecular weight excluding hydrogens is 308 g/mol. The monoisotopic (exact) mass is 328 g/mol. The molecule has 0 spiro atoms. The van der Waals surface area contributed by atoms with Gasteiger partial charge in [-0.3, -0.25) is 9.59 Å². The lowest BCUT2D eigenvalue weighted by Gasteiger charge is -2.10. The Kier molecular flexibility index (Phi) is 6.41. The van der Waals surface area contributed by atoms with Crippen LogP contribution in [0.15, 0.2) is 54.6 Å². The first-order chi connectivity index (χ1) is 11.1. The first-order valence-electron chi connectivity index (χ1n) is 7.71. The average molecular weight is 328 g/mol. The number of ether oxygens (including phenoxy) is 1. The highest BCUT2D eigenvalue weighted by atomic mass is 32.1. The third kappa shape index (κ3) is 4.96. The summed E-state index contributed by atoms with van der Waals surface area (Å²) in [6.45, 7) is 2.06. The molecule has 4 heteroatoms. The number of unbranched alkanes of at least 4 members (excludes halogenated alkanes) is 1. The molecule has 0 N–H and O–H groups in total. The molecule has 2 aromatic carbocycles. The lowest BCUT2D eigenvalue weighted by molar-refractivity contribution is -0.133. The zero-order valence-corrected chi connectivity index (χ0v) is 14.0. The Balaban J connectivity index is 1.99. The van der Waals surface area contributed by atoms with Crippen molar-refractivity contribution in [1.29, 1.82) is 0 Å². The number of esters is 1. The van der Waals surface area contributed by atoms with Gasteiger partial charge in [-0.05, 0) is 30.7 Å². The van der Waals surface area contributed by atoms with Crippen LogP contribution in [0.4, 0.5) is 0 Å². The van der Waals surface area contributed by atoms with Gasteiger partial charge in [0, 0.05) is 11.1 Å². The standard InChI is InChI=1S/C19H20O3S/c1-2-3-9-17(23)19(21)22-16-12-10-15(11-13-16)18(20)14-7-5-4-6-8-14/h4-8,10-13,17,23H,2-3,9H2,1H3. The van der Waals surface area contributed by atoms with Crippen molar-refractivity contribution in [1.82, 2.24) is 0 Å². The Morgan fingerprint density at radius 1 is 1.00 bits per heavy atom. The van der Waals surface area contributed by atoms with E-state index in [2.05, 4.69) is 19.6 Å². The van der Waals surface area contributed by atoms with Gasteiger partial charge in [0.1, 0.15) is 5.75 Å². The van der Waals surface area contributed by atoms with Crippen molar-refractivity contribution in [2.45, 2.75) is 31.4 Å². The number of carbonyl (C=O) groups is 2. The number of benzene rings is 2. The van der Waals surface area contributed by atoms with Gasteiger partial charge in [-0.1, -0.05) is 50.1 Å². The predicted molar refractivity (Wildman–Crippen MR) is 94.3 cm³/mol. The van der Waals surface area contributed by atoms with Crippen LogP contribution < -0.4 is 4.74 Å². The third-order valence-electron chi connectivity index (χ3n) is 3.47. The van der Waals surface area contributed by atoms with Crippen molar-refractivity contribution in [2.24, 2.45) is 0 Å². The fraction of sp³-hybridized carbons (Fsp3) is 0.263. The molecule has 1 unspecified atom stereocenters. The number of ketones is 1. The van der Waals surface area contributed by atoms with E-state index in [0.717, 1.165) is 12.8 Å². The highest BCUT2D eigenvalue weighted by molar-refractivity contribution is 7.81. The van der Waals surface area contributed by atoms with Gasteiger partial charge in [-0.15, -0.1) is 0 Å². The van der Waals surface area contributed by atoms with Crippen LogP contribution in [0, 0.1) is 0 Å². The first kappa shape index (κ1) is 17.3. The summed E-state index contributed by atoms with van der Waals surface area (Å²) in [4.78, 5) is 24.2. The second-order valence-corrected chi connectivity index (χ2v) is 5.92. The molecule has 0 saturated carbocycles. The Labute approximate surface area is 142 Å². The fourth-order valence-corrected chi connectivity index (χ4v) is 2.37. The molecule has 0 aliphatic rings. The molecule has 120 valence electrons. The molecule has 3 nitrogen and oxygen atoms in total. The van der Waals surface area contributed by atoms with Gasteiger partial charge in [0.15, 0.2) is 5.78 Å². The molecule has 0 aromatic heterocycles. The maximum Gasteiger partial charge on any atom is 0.324 e. The zero-order valence-electron chi connectivity index (χ0n) is 13.1. The van der Waals surface area contributed by atoms with E-state index in [1.54, 1.807) is 36.4 Å². The second-order valence-electron chi connectivity index (χ2n) is 5.30. The molecule has 23 heavy (non-hydrogen) atoms. The van der Waals surface area contributed by atoms with Crippen molar-refractivity contribution in [3.05, 3.63) is 65.7 Å². The Hall–Kier alpha value is -2.07. The van der Waals surface area contributed by atoms with Crippen LogP contribution in [-0.4, -0.2) is 17.0 Å². The molecule has 1 atom stereocenters. The van der Waals surface area contributed by atoms with Gasteiger partial charge in [0.05, 0.1) is 5.25 Å². The van der Waals surface area contributed by atoms with E-state index in [9.17, 15) is 9.59 Å². The van der Waals surface area contributed by atoms with E-state index < -0.39 is 5.25 Å². The lowest BCUT2D eigenvalue weighted by Crippen LogP contribution is -2.20. The average Bonchev–Trinajstić information content (AvgIpc) is 2.60. The number of hydrogen-bond donors (Lipinski definition) is 1. The van der Waals surface area contributed by atoms with Crippen LogP contribution in [0.1, 0.15) is 42.1 Å². The molecule has 0 fully saturated rings. The summed E-state index contributed by atoms with van der Waals surface area (Å²) in [6.07, 6.45) is 2.65. The minimum Gasteiger partial charge on any atom is -0.426 e. The highest BCUT2D eigenvalue weighted by Crippen LogP contribution is 2.17. The summed E-state index contributed by atoms with van der Waals surface area (Å²) in [5, 5.41) is -0.416. The molecule has 0 amide bonds. The van der Waals surface area contributed by atoms with Gasteiger partial charge in [0.25, 0.3) is 0 Å². The maximum absolute atomic E-state index is 12.3. The minimum atomic E-state index is -0.416. The molecule has 0 bridgehead atoms. The minimum absolute atomic E-state index is 0.0569. The summed E-state index contributed by atoms with van der Waals surface area (Å²) >= 11 is 4.26. The SMILES string of the molecule is CCCCC(S)C(=O)Oc1ccc(C(=O)c2ccccc2)cc1. The van der Waals surface area contributed by atoms with Crippen molar-refractivity contribution in [3.8, 4) is 5.75 Å². The van der Waals surface area contributed by atoms with E-state index in [4.69, 9.17) is 4.74 Å². The summed E-state index contributed by atoms with van der Waals surface area (Å²) < 4.78 is 5.29. The Morgan fingerprint density at radius 3 is 2.22 bits per heavy atom. The van der Waals surface area contributed by atoms with Crippen LogP contribution in [-0.2, 0) is 4.79 Å². The molecule has 2 aromatic rings. The van der Waals surface area contributed by atoms with Gasteiger partial charge in [-0.25, -0.2) is 0 Å². The smallest absolute Gasteiger partial charge is 0.324 e. The van der Waals surface area contributed by atoms with Crippen LogP contribution >= 0.6 is 12.6 Å². The van der Waals surface area contributed by atoms with E-state index in [-0.39, 0.29) is 11.8 Å². The quantitative estimate of drug-likeness (QED) is 0.356. The van der Waals surface area contributed by atoms with Crippen LogP contribution in [0.2, 0.25) is 0 Å². The largest absolute Gasteiger partial charge is 0.426 e. The zero-order chi connectivity index (χ0) is 16.7. The Morgan fingerprint density at radius 2 is 1.61 bits per heavy atom. The summed E-state index contributed by atoms with van der Waals surface area (Å²) in [7, 11) is 0. The van der Waals surface area contributed by atoms with Gasteiger partial charge in [0.2, 0.25) is 0 Å². The van der Waals surface area contributed by atoms with Crippen molar-refractivity contribution < 1.29 is 14.3 Å². The van der Waals surface area contributed by atoms with E-state index in [0.29, 0.717) is 23.3 Å². The highest BCUT2D eigenvalue weighted by Gasteiger charge is 2.16. The molecule has 2 rings (SSSR count). The lowest BCUT2D eigenvalue weighted by atomic mass is 10.0. The third-order valence-corrected chi connectivity index (χ3v) is 3.94. The molecule has 0 saturated heterocycles. The van der Waals surface area contributed by atoms with Crippen molar-refractivity contribution in [2.75, 3.05) is 0 Å². The maximum atomic E-state index is 12.3. The van der Waals surface area contributed by atoms with Crippen LogP contribution in [0.5, 0.6) is 5.75 Å². The van der Waals surface area contributed by atoms with Crippen molar-refractivity contribution >= 4 is 24.4 Å². The first-order valence-corrected chi connectivity index (χ1v) is 8.23. The number of carbonyl (C=O) groups excluding carboxylic acids is 2. The number of hydrogen-bond acceptors (Lipinski definition) is 4. The summed E-state index contributed by atoms with van der Waals surface area (Å²) in [5.74, 6) is 0.0116.